The monoisotopic (exact) mass is 384 g/mol. The summed E-state index contributed by atoms with van der Waals surface area (Å²) >= 11 is 0. The van der Waals surface area contributed by atoms with Crippen molar-refractivity contribution < 1.29 is 24.2 Å². The fourth-order valence-corrected chi connectivity index (χ4v) is 3.52. The zero-order chi connectivity index (χ0) is 20.1. The van der Waals surface area contributed by atoms with Crippen LogP contribution in [0.3, 0.4) is 0 Å². The van der Waals surface area contributed by atoms with Crippen LogP contribution in [0.15, 0.2) is 36.4 Å². The van der Waals surface area contributed by atoms with Gasteiger partial charge < -0.3 is 20.1 Å². The Morgan fingerprint density at radius 2 is 1.93 bits per heavy atom. The third-order valence-electron chi connectivity index (χ3n) is 4.94. The number of fused-ring (bicyclic) bond motifs is 1. The molecule has 1 saturated heterocycles. The molecule has 2 aromatic rings. The molecule has 0 radical (unpaired) electrons. The highest BCUT2D eigenvalue weighted by Crippen LogP contribution is 2.32. The standard InChI is InChI=1S/C21H24N2O5/c1-2-19(24)23-11-5-6-14(12-23)21(27)22-17-9-10-18(28-13-20(25)26)16-8-4-3-7-15(16)17/h3-4,7-10,14H,2,5-6,11-13H2,1H3,(H,22,27)(H,25,26). The number of ether oxygens (including phenoxy) is 1. The molecular weight excluding hydrogens is 360 g/mol. The molecule has 148 valence electrons. The smallest absolute Gasteiger partial charge is 0.341 e. The number of rotatable bonds is 6. The van der Waals surface area contributed by atoms with Gasteiger partial charge in [0.25, 0.3) is 0 Å². The molecule has 2 aromatic carbocycles. The Morgan fingerprint density at radius 3 is 2.64 bits per heavy atom. The second-order valence-corrected chi connectivity index (χ2v) is 6.86. The molecule has 1 aliphatic rings. The molecule has 0 bridgehead atoms. The normalized spacial score (nSPS) is 16.6. The molecule has 2 N–H and O–H groups in total. The molecule has 1 heterocycles. The highest BCUT2D eigenvalue weighted by atomic mass is 16.5. The molecular formula is C21H24N2O5. The quantitative estimate of drug-likeness (QED) is 0.798. The molecule has 1 aliphatic heterocycles. The number of carboxylic acids is 1. The molecule has 0 spiro atoms. The minimum absolute atomic E-state index is 0.0721. The van der Waals surface area contributed by atoms with E-state index in [-0.39, 0.29) is 17.7 Å². The van der Waals surface area contributed by atoms with Gasteiger partial charge in [0.05, 0.1) is 5.92 Å². The predicted molar refractivity (Wildman–Crippen MR) is 105 cm³/mol. The molecule has 0 saturated carbocycles. The summed E-state index contributed by atoms with van der Waals surface area (Å²) in [6, 6.07) is 10.7. The van der Waals surface area contributed by atoms with Crippen LogP contribution in [-0.4, -0.2) is 47.5 Å². The van der Waals surface area contributed by atoms with Gasteiger partial charge in [0, 0.05) is 36.0 Å². The summed E-state index contributed by atoms with van der Waals surface area (Å²) < 4.78 is 5.35. The number of amides is 2. The van der Waals surface area contributed by atoms with Crippen molar-refractivity contribution in [3.05, 3.63) is 36.4 Å². The van der Waals surface area contributed by atoms with E-state index in [0.717, 1.165) is 23.6 Å². The van der Waals surface area contributed by atoms with Gasteiger partial charge in [-0.05, 0) is 25.0 Å². The number of nitrogens with zero attached hydrogens (tertiary/aromatic N) is 1. The van der Waals surface area contributed by atoms with Crippen LogP contribution in [0, 0.1) is 5.92 Å². The maximum Gasteiger partial charge on any atom is 0.341 e. The van der Waals surface area contributed by atoms with Gasteiger partial charge in [-0.2, -0.15) is 0 Å². The summed E-state index contributed by atoms with van der Waals surface area (Å²) in [4.78, 5) is 37.3. The zero-order valence-corrected chi connectivity index (χ0v) is 15.8. The summed E-state index contributed by atoms with van der Waals surface area (Å²) in [5.74, 6) is -0.884. The topological polar surface area (TPSA) is 95.9 Å². The van der Waals surface area contributed by atoms with E-state index in [9.17, 15) is 14.4 Å². The lowest BCUT2D eigenvalue weighted by Gasteiger charge is -2.32. The van der Waals surface area contributed by atoms with Crippen molar-refractivity contribution in [1.29, 1.82) is 0 Å². The number of piperidine rings is 1. The Kier molecular flexibility index (Phi) is 6.13. The highest BCUT2D eigenvalue weighted by Gasteiger charge is 2.28. The summed E-state index contributed by atoms with van der Waals surface area (Å²) in [5.41, 5.74) is 0.641. The maximum absolute atomic E-state index is 12.8. The van der Waals surface area contributed by atoms with Crippen LogP contribution in [0.5, 0.6) is 5.75 Å². The average Bonchev–Trinajstić information content (AvgIpc) is 2.72. The largest absolute Gasteiger partial charge is 0.481 e. The summed E-state index contributed by atoms with van der Waals surface area (Å²) in [5, 5.41) is 13.3. The zero-order valence-electron chi connectivity index (χ0n) is 15.8. The SMILES string of the molecule is CCC(=O)N1CCCC(C(=O)Nc2ccc(OCC(=O)O)c3ccccc23)C1. The number of carbonyl (C=O) groups excluding carboxylic acids is 2. The Balaban J connectivity index is 1.78. The van der Waals surface area contributed by atoms with E-state index in [2.05, 4.69) is 5.32 Å². The number of benzene rings is 2. The number of anilines is 1. The Bertz CT molecular complexity index is 895. The van der Waals surface area contributed by atoms with Gasteiger partial charge in [0.15, 0.2) is 6.61 Å². The van der Waals surface area contributed by atoms with E-state index >= 15 is 0 Å². The highest BCUT2D eigenvalue weighted by molar-refractivity contribution is 6.05. The number of hydrogen-bond acceptors (Lipinski definition) is 4. The summed E-state index contributed by atoms with van der Waals surface area (Å²) in [7, 11) is 0. The minimum Gasteiger partial charge on any atom is -0.481 e. The predicted octanol–water partition coefficient (Wildman–Crippen LogP) is 2.89. The number of carboxylic acid groups (broad SMARTS) is 1. The van der Waals surface area contributed by atoms with Crippen molar-refractivity contribution in [3.8, 4) is 5.75 Å². The molecule has 1 fully saturated rings. The fraction of sp³-hybridized carbons (Fsp3) is 0.381. The molecule has 3 rings (SSSR count). The third-order valence-corrected chi connectivity index (χ3v) is 4.94. The van der Waals surface area contributed by atoms with Gasteiger partial charge in [-0.15, -0.1) is 0 Å². The number of aliphatic carboxylic acids is 1. The van der Waals surface area contributed by atoms with Crippen LogP contribution in [0.2, 0.25) is 0 Å². The van der Waals surface area contributed by atoms with E-state index in [0.29, 0.717) is 30.9 Å². The molecule has 1 atom stereocenters. The van der Waals surface area contributed by atoms with Gasteiger partial charge in [-0.3, -0.25) is 9.59 Å². The third kappa shape index (κ3) is 4.42. The van der Waals surface area contributed by atoms with E-state index in [1.807, 2.05) is 31.2 Å². The first-order valence-corrected chi connectivity index (χ1v) is 9.44. The van der Waals surface area contributed by atoms with Gasteiger partial charge in [-0.1, -0.05) is 31.2 Å². The number of likely N-dealkylation sites (tertiary alicyclic amines) is 1. The first kappa shape index (κ1) is 19.7. The average molecular weight is 384 g/mol. The number of nitrogens with one attached hydrogen (secondary N) is 1. The molecule has 0 aliphatic carbocycles. The summed E-state index contributed by atoms with van der Waals surface area (Å²) in [6.45, 7) is 2.54. The Morgan fingerprint density at radius 1 is 1.18 bits per heavy atom. The second-order valence-electron chi connectivity index (χ2n) is 6.86. The van der Waals surface area contributed by atoms with Crippen molar-refractivity contribution >= 4 is 34.2 Å². The van der Waals surface area contributed by atoms with Crippen LogP contribution in [-0.2, 0) is 14.4 Å². The first-order valence-electron chi connectivity index (χ1n) is 9.44. The van der Waals surface area contributed by atoms with Gasteiger partial charge in [0.2, 0.25) is 11.8 Å². The lowest BCUT2D eigenvalue weighted by molar-refractivity contribution is -0.139. The summed E-state index contributed by atoms with van der Waals surface area (Å²) in [6.07, 6.45) is 2.00. The van der Waals surface area contributed by atoms with Crippen molar-refractivity contribution in [3.63, 3.8) is 0 Å². The number of hydrogen-bond donors (Lipinski definition) is 2. The van der Waals surface area contributed by atoms with Crippen molar-refractivity contribution in [1.82, 2.24) is 4.90 Å². The Labute approximate surface area is 163 Å². The van der Waals surface area contributed by atoms with Gasteiger partial charge in [-0.25, -0.2) is 4.79 Å². The molecule has 7 nitrogen and oxygen atoms in total. The lowest BCUT2D eigenvalue weighted by atomic mass is 9.96. The molecule has 0 aromatic heterocycles. The lowest BCUT2D eigenvalue weighted by Crippen LogP contribution is -2.43. The molecule has 28 heavy (non-hydrogen) atoms. The number of carbonyl (C=O) groups is 3. The minimum atomic E-state index is -1.05. The fourth-order valence-electron chi connectivity index (χ4n) is 3.52. The maximum atomic E-state index is 12.8. The van der Waals surface area contributed by atoms with E-state index < -0.39 is 12.6 Å². The van der Waals surface area contributed by atoms with Crippen molar-refractivity contribution in [2.75, 3.05) is 25.0 Å². The Hall–Kier alpha value is -3.09. The van der Waals surface area contributed by atoms with E-state index in [1.54, 1.807) is 17.0 Å². The first-order chi connectivity index (χ1) is 13.5. The molecule has 2 amide bonds. The van der Waals surface area contributed by atoms with Crippen LogP contribution >= 0.6 is 0 Å². The van der Waals surface area contributed by atoms with Gasteiger partial charge in [0.1, 0.15) is 5.75 Å². The second kappa shape index (κ2) is 8.73. The van der Waals surface area contributed by atoms with E-state index in [4.69, 9.17) is 9.84 Å². The van der Waals surface area contributed by atoms with Crippen molar-refractivity contribution in [2.45, 2.75) is 26.2 Å². The van der Waals surface area contributed by atoms with E-state index in [1.165, 1.54) is 0 Å². The molecule has 1 unspecified atom stereocenters. The van der Waals surface area contributed by atoms with Crippen LogP contribution in [0.4, 0.5) is 5.69 Å². The van der Waals surface area contributed by atoms with Crippen LogP contribution in [0.25, 0.3) is 10.8 Å². The van der Waals surface area contributed by atoms with Crippen LogP contribution in [0.1, 0.15) is 26.2 Å². The van der Waals surface area contributed by atoms with Crippen LogP contribution < -0.4 is 10.1 Å². The van der Waals surface area contributed by atoms with Gasteiger partial charge >= 0.3 is 5.97 Å². The molecule has 7 heteroatoms. The van der Waals surface area contributed by atoms with Crippen molar-refractivity contribution in [2.24, 2.45) is 5.92 Å².